The second-order valence-electron chi connectivity index (χ2n) is 21.9. The van der Waals surface area contributed by atoms with Crippen LogP contribution in [0.3, 0.4) is 0 Å². The lowest BCUT2D eigenvalue weighted by Gasteiger charge is -2.59. The third-order valence-corrected chi connectivity index (χ3v) is 17.5. The van der Waals surface area contributed by atoms with Gasteiger partial charge in [-0.2, -0.15) is 4.98 Å². The molecule has 1 aliphatic carbocycles. The summed E-state index contributed by atoms with van der Waals surface area (Å²) in [6.07, 6.45) is 7.52. The van der Waals surface area contributed by atoms with Crippen molar-refractivity contribution in [3.05, 3.63) is 135 Å². The number of aromatic amines is 1. The van der Waals surface area contributed by atoms with Gasteiger partial charge < -0.3 is 29.8 Å². The van der Waals surface area contributed by atoms with Crippen LogP contribution in [0.15, 0.2) is 96.2 Å². The molecule has 4 N–H and O–H groups in total. The number of likely N-dealkylation sites (tertiary alicyclic amines) is 2. The first-order valence-electron chi connectivity index (χ1n) is 26.1. The zero-order chi connectivity index (χ0) is 53.5. The van der Waals surface area contributed by atoms with Crippen LogP contribution in [-0.4, -0.2) is 114 Å². The van der Waals surface area contributed by atoms with E-state index in [1.54, 1.807) is 19.1 Å². The van der Waals surface area contributed by atoms with Crippen LogP contribution in [0.5, 0.6) is 17.4 Å². The van der Waals surface area contributed by atoms with Crippen LogP contribution in [0.2, 0.25) is 0 Å². The van der Waals surface area contributed by atoms with E-state index < -0.39 is 42.9 Å². The highest BCUT2D eigenvalue weighted by atomic mass is 32.2. The topological polar surface area (TPSA) is 208 Å². The van der Waals surface area contributed by atoms with Crippen LogP contribution in [0, 0.1) is 33.1 Å². The van der Waals surface area contributed by atoms with E-state index in [0.29, 0.717) is 68.9 Å². The van der Waals surface area contributed by atoms with E-state index >= 15 is 0 Å². The fourth-order valence-electron chi connectivity index (χ4n) is 11.9. The number of ether oxygens (including phenoxy) is 2. The summed E-state index contributed by atoms with van der Waals surface area (Å²) >= 11 is 0. The number of halogens is 2. The molecule has 1 amide bonds. The Kier molecular flexibility index (Phi) is 14.8. The quantitative estimate of drug-likeness (QED) is 0.0526. The van der Waals surface area contributed by atoms with Gasteiger partial charge in [0.25, 0.3) is 21.8 Å². The van der Waals surface area contributed by atoms with Gasteiger partial charge in [-0.15, -0.1) is 0 Å². The Bertz CT molecular complexity index is 3220. The van der Waals surface area contributed by atoms with Gasteiger partial charge in [0.15, 0.2) is 5.75 Å². The molecule has 1 spiro atoms. The number of nitrogens with one attached hydrogen (secondary N) is 3. The number of nitro groups is 1. The van der Waals surface area contributed by atoms with E-state index in [0.717, 1.165) is 76.0 Å². The smallest absolute Gasteiger partial charge is 0.312 e. The van der Waals surface area contributed by atoms with Crippen molar-refractivity contribution in [3.8, 4) is 17.4 Å². The minimum Gasteiger partial charge on any atom is -0.478 e. The van der Waals surface area contributed by atoms with Crippen molar-refractivity contribution >= 4 is 44.2 Å². The molecule has 76 heavy (non-hydrogen) atoms. The molecule has 3 aromatic heterocycles. The van der Waals surface area contributed by atoms with Crippen molar-refractivity contribution in [2.75, 3.05) is 63.1 Å². The standard InChI is InChI=1S/C56H65F2N9O8S/c1-35(2)41-7-5-6-8-42(41)45-32-64(31-37-9-11-38(57)12-10-37)22-17-47(45)66-33-56(34-66)20-23-65(24-21-56)39-13-14-43(49(25-39)75-50-27-44-46(58)30-61-51(44)62-54(50)74-4)53(68)63-76(72,73)40-26-48(67(70)71)52(60-29-40)59-28-36-15-18-55(3,69)19-16-36/h5-14,25-27,29-30,35-36,45,47,69H,15-24,28,31-34H2,1-4H3,(H,59,60)(H,61,62)(H,63,68). The van der Waals surface area contributed by atoms with Crippen molar-refractivity contribution in [2.24, 2.45) is 11.3 Å². The maximum Gasteiger partial charge on any atom is 0.312 e. The van der Waals surface area contributed by atoms with Gasteiger partial charge in [-0.3, -0.25) is 24.7 Å². The summed E-state index contributed by atoms with van der Waals surface area (Å²) < 4.78 is 70.4. The summed E-state index contributed by atoms with van der Waals surface area (Å²) in [5.41, 5.74) is 3.35. The molecule has 402 valence electrons. The molecule has 3 aromatic carbocycles. The number of benzene rings is 3. The van der Waals surface area contributed by atoms with E-state index in [4.69, 9.17) is 9.47 Å². The first-order chi connectivity index (χ1) is 36.4. The Morgan fingerprint density at radius 2 is 1.71 bits per heavy atom. The molecular weight excluding hydrogens is 997 g/mol. The number of anilines is 2. The first kappa shape index (κ1) is 52.7. The Balaban J connectivity index is 0.858. The minimum absolute atomic E-state index is 0.0240. The number of carbonyl (C=O) groups is 1. The number of pyridine rings is 2. The molecule has 6 heterocycles. The average Bonchev–Trinajstić information content (AvgIpc) is 3.78. The third-order valence-electron chi connectivity index (χ3n) is 16.2. The lowest BCUT2D eigenvalue weighted by molar-refractivity contribution is -0.384. The predicted octanol–water partition coefficient (Wildman–Crippen LogP) is 9.50. The maximum atomic E-state index is 14.9. The fraction of sp³-hybridized carbons (Fsp3) is 0.446. The fourth-order valence-corrected chi connectivity index (χ4v) is 12.8. The largest absolute Gasteiger partial charge is 0.478 e. The highest BCUT2D eigenvalue weighted by molar-refractivity contribution is 7.90. The number of carbonyl (C=O) groups excluding carboxylic acids is 1. The summed E-state index contributed by atoms with van der Waals surface area (Å²) in [5, 5.41) is 25.6. The number of methoxy groups -OCH3 is 1. The number of piperidine rings is 2. The second-order valence-corrected chi connectivity index (χ2v) is 23.5. The van der Waals surface area contributed by atoms with Crippen LogP contribution in [0.4, 0.5) is 26.0 Å². The molecule has 17 nitrogen and oxygen atoms in total. The SMILES string of the molecule is COc1nc2[nH]cc(F)c2cc1Oc1cc(N2CCC3(CC2)CN(C2CCN(Cc4ccc(F)cc4)CC2c2ccccc2C(C)C)C3)ccc1C(=O)NS(=O)(=O)c1cnc(NCC2CCC(C)(O)CC2)c([N+](=O)[O-])c1. The number of amides is 1. The number of hydrogen-bond donors (Lipinski definition) is 4. The third kappa shape index (κ3) is 11.2. The predicted molar refractivity (Wildman–Crippen MR) is 285 cm³/mol. The molecular formula is C56H65F2N9O8S. The van der Waals surface area contributed by atoms with Crippen LogP contribution in [0.25, 0.3) is 11.0 Å². The van der Waals surface area contributed by atoms with Crippen LogP contribution in [0.1, 0.15) is 105 Å². The van der Waals surface area contributed by atoms with Crippen molar-refractivity contribution in [3.63, 3.8) is 0 Å². The molecule has 4 fully saturated rings. The molecule has 4 aliphatic rings. The molecule has 20 heteroatoms. The number of nitrogens with zero attached hydrogens (tertiary/aromatic N) is 6. The lowest BCUT2D eigenvalue weighted by Crippen LogP contribution is -2.65. The minimum atomic E-state index is -4.75. The highest BCUT2D eigenvalue weighted by Crippen LogP contribution is 2.47. The number of sulfonamides is 1. The monoisotopic (exact) mass is 1060 g/mol. The van der Waals surface area contributed by atoms with E-state index in [1.165, 1.54) is 42.5 Å². The Morgan fingerprint density at radius 1 is 0.974 bits per heavy atom. The molecule has 2 atom stereocenters. The Labute approximate surface area is 441 Å². The van der Waals surface area contributed by atoms with Gasteiger partial charge >= 0.3 is 5.69 Å². The van der Waals surface area contributed by atoms with E-state index in [2.05, 4.69) is 73.1 Å². The van der Waals surface area contributed by atoms with E-state index in [9.17, 15) is 37.2 Å². The maximum absolute atomic E-state index is 14.9. The Morgan fingerprint density at radius 3 is 2.42 bits per heavy atom. The van der Waals surface area contributed by atoms with Crippen molar-refractivity contribution in [1.82, 2.24) is 29.5 Å². The number of H-pyrrole nitrogens is 1. The van der Waals surface area contributed by atoms with Gasteiger partial charge in [0, 0.05) is 94.4 Å². The van der Waals surface area contributed by atoms with Gasteiger partial charge in [-0.05, 0) is 110 Å². The molecule has 0 radical (unpaired) electrons. The highest BCUT2D eigenvalue weighted by Gasteiger charge is 2.49. The van der Waals surface area contributed by atoms with Gasteiger partial charge in [0.05, 0.1) is 34.8 Å². The Hall–Kier alpha value is -6.74. The van der Waals surface area contributed by atoms with Gasteiger partial charge in [-0.1, -0.05) is 50.2 Å². The normalized spacial score (nSPS) is 22.1. The molecule has 0 bridgehead atoms. The summed E-state index contributed by atoms with van der Waals surface area (Å²) in [7, 11) is -3.39. The molecule has 3 aliphatic heterocycles. The summed E-state index contributed by atoms with van der Waals surface area (Å²) in [6.45, 7) is 12.6. The summed E-state index contributed by atoms with van der Waals surface area (Å²) in [4.78, 5) is 43.7. The van der Waals surface area contributed by atoms with Crippen LogP contribution < -0.4 is 24.4 Å². The van der Waals surface area contributed by atoms with Gasteiger partial charge in [-0.25, -0.2) is 26.9 Å². The van der Waals surface area contributed by atoms with Gasteiger partial charge in [0.2, 0.25) is 5.82 Å². The number of fused-ring (bicyclic) bond motifs is 1. The summed E-state index contributed by atoms with van der Waals surface area (Å²) in [6, 6.07) is 23.1. The lowest BCUT2D eigenvalue weighted by atomic mass is 9.69. The molecule has 2 unspecified atom stereocenters. The van der Waals surface area contributed by atoms with Crippen molar-refractivity contribution < 1.29 is 41.5 Å². The molecule has 3 saturated heterocycles. The van der Waals surface area contributed by atoms with E-state index in [-0.39, 0.29) is 56.9 Å². The number of hydrogen-bond acceptors (Lipinski definition) is 14. The second kappa shape index (κ2) is 21.4. The zero-order valence-corrected chi connectivity index (χ0v) is 44.0. The molecule has 1 saturated carbocycles. The number of rotatable bonds is 16. The zero-order valence-electron chi connectivity index (χ0n) is 43.2. The summed E-state index contributed by atoms with van der Waals surface area (Å²) in [5.74, 6) is -1.38. The van der Waals surface area contributed by atoms with Crippen molar-refractivity contribution in [1.29, 1.82) is 0 Å². The van der Waals surface area contributed by atoms with Gasteiger partial charge in [0.1, 0.15) is 27.9 Å². The number of aliphatic hydroxyl groups is 1. The van der Waals surface area contributed by atoms with Crippen LogP contribution in [-0.2, 0) is 16.6 Å². The van der Waals surface area contributed by atoms with Crippen molar-refractivity contribution in [2.45, 2.75) is 101 Å². The van der Waals surface area contributed by atoms with Crippen LogP contribution >= 0.6 is 0 Å². The van der Waals surface area contributed by atoms with E-state index in [1.807, 2.05) is 16.9 Å². The molecule has 6 aromatic rings. The molecule has 10 rings (SSSR count). The first-order valence-corrected chi connectivity index (χ1v) is 27.6. The number of aromatic nitrogens is 3. The average molecular weight is 1060 g/mol.